The summed E-state index contributed by atoms with van der Waals surface area (Å²) in [6, 6.07) is 3.30. The van der Waals surface area contributed by atoms with Crippen LogP contribution in [0.1, 0.15) is 31.9 Å². The van der Waals surface area contributed by atoms with E-state index in [-0.39, 0.29) is 18.1 Å². The minimum atomic E-state index is -0.308. The van der Waals surface area contributed by atoms with Crippen molar-refractivity contribution in [2.24, 2.45) is 0 Å². The fourth-order valence-corrected chi connectivity index (χ4v) is 2.83. The third kappa shape index (κ3) is 2.53. The number of hydrogen-bond donors (Lipinski definition) is 0. The third-order valence-corrected chi connectivity index (χ3v) is 3.92. The fourth-order valence-electron chi connectivity index (χ4n) is 2.83. The maximum atomic E-state index is 13.1. The Morgan fingerprint density at radius 3 is 3.05 bits per heavy atom. The van der Waals surface area contributed by atoms with Gasteiger partial charge in [-0.25, -0.2) is 9.37 Å². The molecule has 0 spiro atoms. The van der Waals surface area contributed by atoms with E-state index in [1.807, 2.05) is 4.90 Å². The molecule has 2 aromatic heterocycles. The lowest BCUT2D eigenvalue weighted by atomic mass is 10.0. The second-order valence-electron chi connectivity index (χ2n) is 5.45. The number of piperidine rings is 1. The van der Waals surface area contributed by atoms with Gasteiger partial charge in [-0.15, -0.1) is 0 Å². The van der Waals surface area contributed by atoms with Crippen LogP contribution in [0.3, 0.4) is 0 Å². The van der Waals surface area contributed by atoms with E-state index in [0.29, 0.717) is 17.4 Å². The molecule has 1 saturated heterocycles. The Bertz CT molecular complexity index is 637. The van der Waals surface area contributed by atoms with Crippen LogP contribution < -0.4 is 0 Å². The monoisotopic (exact) mass is 275 g/mol. The number of halogens is 1. The molecular weight excluding hydrogens is 257 g/mol. The van der Waals surface area contributed by atoms with Gasteiger partial charge in [0, 0.05) is 25.0 Å². The molecule has 1 unspecified atom stereocenters. The van der Waals surface area contributed by atoms with Gasteiger partial charge in [-0.3, -0.25) is 4.79 Å². The molecule has 0 aromatic carbocycles. The van der Waals surface area contributed by atoms with Crippen LogP contribution >= 0.6 is 0 Å². The van der Waals surface area contributed by atoms with Gasteiger partial charge in [-0.05, 0) is 38.3 Å². The first kappa shape index (κ1) is 13.1. The number of hydrogen-bond acceptors (Lipinski definition) is 2. The maximum Gasteiger partial charge on any atom is 0.228 e. The molecule has 3 rings (SSSR count). The Kier molecular flexibility index (Phi) is 3.42. The third-order valence-electron chi connectivity index (χ3n) is 3.92. The minimum absolute atomic E-state index is 0.112. The highest BCUT2D eigenvalue weighted by Gasteiger charge is 2.23. The number of nitrogens with zero attached hydrogens (tertiary/aromatic N) is 3. The first-order chi connectivity index (χ1) is 9.63. The number of aromatic nitrogens is 2. The molecule has 0 radical (unpaired) electrons. The van der Waals surface area contributed by atoms with Crippen molar-refractivity contribution in [3.8, 4) is 0 Å². The summed E-state index contributed by atoms with van der Waals surface area (Å²) in [5.74, 6) is -0.196. The summed E-state index contributed by atoms with van der Waals surface area (Å²) in [5.41, 5.74) is 1.36. The highest BCUT2D eigenvalue weighted by molar-refractivity contribution is 5.79. The number of pyridine rings is 1. The van der Waals surface area contributed by atoms with E-state index in [9.17, 15) is 9.18 Å². The summed E-state index contributed by atoms with van der Waals surface area (Å²) in [6.07, 6.45) is 6.73. The molecule has 1 amide bonds. The summed E-state index contributed by atoms with van der Waals surface area (Å²) < 4.78 is 14.7. The van der Waals surface area contributed by atoms with Crippen molar-refractivity contribution in [1.29, 1.82) is 0 Å². The largest absolute Gasteiger partial charge is 0.340 e. The van der Waals surface area contributed by atoms with Crippen LogP contribution in [0.25, 0.3) is 5.65 Å². The Labute approximate surface area is 117 Å². The highest BCUT2D eigenvalue weighted by atomic mass is 19.1. The van der Waals surface area contributed by atoms with Crippen LogP contribution in [-0.2, 0) is 11.2 Å². The average molecular weight is 275 g/mol. The van der Waals surface area contributed by atoms with E-state index >= 15 is 0 Å². The van der Waals surface area contributed by atoms with Crippen LogP contribution in [-0.4, -0.2) is 32.8 Å². The molecule has 0 N–H and O–H groups in total. The lowest BCUT2D eigenvalue weighted by Gasteiger charge is -2.33. The molecule has 0 saturated carbocycles. The Morgan fingerprint density at radius 1 is 1.40 bits per heavy atom. The van der Waals surface area contributed by atoms with Gasteiger partial charge in [0.25, 0.3) is 0 Å². The van der Waals surface area contributed by atoms with Crippen molar-refractivity contribution < 1.29 is 9.18 Å². The van der Waals surface area contributed by atoms with Gasteiger partial charge in [0.15, 0.2) is 0 Å². The van der Waals surface area contributed by atoms with Gasteiger partial charge in [-0.1, -0.05) is 0 Å². The fraction of sp³-hybridized carbons (Fsp3) is 0.467. The van der Waals surface area contributed by atoms with Gasteiger partial charge < -0.3 is 9.30 Å². The molecule has 0 aliphatic carbocycles. The average Bonchev–Trinajstić information content (AvgIpc) is 2.80. The predicted molar refractivity (Wildman–Crippen MR) is 73.9 cm³/mol. The van der Waals surface area contributed by atoms with Gasteiger partial charge in [-0.2, -0.15) is 0 Å². The molecule has 1 atom stereocenters. The minimum Gasteiger partial charge on any atom is -0.340 e. The second kappa shape index (κ2) is 5.23. The van der Waals surface area contributed by atoms with Crippen LogP contribution in [0.4, 0.5) is 4.39 Å². The van der Waals surface area contributed by atoms with Crippen molar-refractivity contribution in [1.82, 2.24) is 14.3 Å². The molecule has 20 heavy (non-hydrogen) atoms. The van der Waals surface area contributed by atoms with Crippen molar-refractivity contribution in [2.45, 2.75) is 38.6 Å². The van der Waals surface area contributed by atoms with E-state index in [1.54, 1.807) is 16.7 Å². The standard InChI is InChI=1S/C15H18FN3O/c1-11-4-2-3-7-19(11)15(20)8-13-10-18-9-12(16)5-6-14(18)17-13/h5-6,9-11H,2-4,7-8H2,1H3. The molecule has 0 bridgehead atoms. The van der Waals surface area contributed by atoms with Crippen molar-refractivity contribution in [2.75, 3.05) is 6.54 Å². The van der Waals surface area contributed by atoms with Crippen LogP contribution in [0, 0.1) is 5.82 Å². The first-order valence-electron chi connectivity index (χ1n) is 7.06. The normalized spacial score (nSPS) is 19.5. The summed E-state index contributed by atoms with van der Waals surface area (Å²) in [7, 11) is 0. The first-order valence-corrected chi connectivity index (χ1v) is 7.06. The Hall–Kier alpha value is -1.91. The lowest BCUT2D eigenvalue weighted by Crippen LogP contribution is -2.42. The molecule has 1 fully saturated rings. The van der Waals surface area contributed by atoms with Crippen molar-refractivity contribution in [3.63, 3.8) is 0 Å². The van der Waals surface area contributed by atoms with E-state index < -0.39 is 0 Å². The number of carbonyl (C=O) groups is 1. The van der Waals surface area contributed by atoms with E-state index in [0.717, 1.165) is 19.4 Å². The zero-order valence-electron chi connectivity index (χ0n) is 11.6. The summed E-state index contributed by atoms with van der Waals surface area (Å²) in [6.45, 7) is 2.93. The molecule has 1 aliphatic heterocycles. The van der Waals surface area contributed by atoms with Crippen LogP contribution in [0.5, 0.6) is 0 Å². The summed E-state index contributed by atoms with van der Waals surface area (Å²) in [5, 5.41) is 0. The number of likely N-dealkylation sites (tertiary alicyclic amines) is 1. The van der Waals surface area contributed by atoms with Gasteiger partial charge in [0.1, 0.15) is 11.5 Å². The summed E-state index contributed by atoms with van der Waals surface area (Å²) >= 11 is 0. The predicted octanol–water partition coefficient (Wildman–Crippen LogP) is 2.42. The maximum absolute atomic E-state index is 13.1. The SMILES string of the molecule is CC1CCCCN1C(=O)Cc1cn2cc(F)ccc2n1. The number of rotatable bonds is 2. The van der Waals surface area contributed by atoms with E-state index in [4.69, 9.17) is 0 Å². The Morgan fingerprint density at radius 2 is 2.25 bits per heavy atom. The van der Waals surface area contributed by atoms with E-state index in [2.05, 4.69) is 11.9 Å². The number of imidazole rings is 1. The molecule has 5 heteroatoms. The van der Waals surface area contributed by atoms with Gasteiger partial charge in [0.05, 0.1) is 12.1 Å². The van der Waals surface area contributed by atoms with Gasteiger partial charge >= 0.3 is 0 Å². The zero-order valence-corrected chi connectivity index (χ0v) is 11.6. The molecule has 106 valence electrons. The topological polar surface area (TPSA) is 37.6 Å². The second-order valence-corrected chi connectivity index (χ2v) is 5.45. The molecule has 1 aliphatic rings. The quantitative estimate of drug-likeness (QED) is 0.844. The van der Waals surface area contributed by atoms with Crippen molar-refractivity contribution in [3.05, 3.63) is 36.0 Å². The van der Waals surface area contributed by atoms with Gasteiger partial charge in [0.2, 0.25) is 5.91 Å². The zero-order chi connectivity index (χ0) is 14.1. The number of fused-ring (bicyclic) bond motifs is 1. The molecular formula is C15H18FN3O. The van der Waals surface area contributed by atoms with Crippen LogP contribution in [0.15, 0.2) is 24.5 Å². The number of carbonyl (C=O) groups excluding carboxylic acids is 1. The smallest absolute Gasteiger partial charge is 0.228 e. The van der Waals surface area contributed by atoms with Crippen LogP contribution in [0.2, 0.25) is 0 Å². The lowest BCUT2D eigenvalue weighted by molar-refractivity contribution is -0.133. The number of amides is 1. The summed E-state index contributed by atoms with van der Waals surface area (Å²) in [4.78, 5) is 18.6. The molecule has 4 nitrogen and oxygen atoms in total. The van der Waals surface area contributed by atoms with Crippen molar-refractivity contribution >= 4 is 11.6 Å². The molecule has 3 heterocycles. The van der Waals surface area contributed by atoms with E-state index in [1.165, 1.54) is 18.7 Å². The Balaban J connectivity index is 1.76. The highest BCUT2D eigenvalue weighted by Crippen LogP contribution is 2.18. The molecule has 2 aromatic rings.